The highest BCUT2D eigenvalue weighted by Gasteiger charge is 2.30. The van der Waals surface area contributed by atoms with Crippen LogP contribution in [0.3, 0.4) is 0 Å². The maximum atomic E-state index is 12.8. The van der Waals surface area contributed by atoms with E-state index in [-0.39, 0.29) is 12.0 Å². The summed E-state index contributed by atoms with van der Waals surface area (Å²) in [6.45, 7) is 7.01. The largest absolute Gasteiger partial charge is 0.474 e. The fraction of sp³-hybridized carbons (Fsp3) is 0.400. The summed E-state index contributed by atoms with van der Waals surface area (Å²) in [6.07, 6.45) is 3.10. The van der Waals surface area contributed by atoms with Gasteiger partial charge < -0.3 is 14.5 Å². The Kier molecular flexibility index (Phi) is 7.66. The molecule has 1 fully saturated rings. The van der Waals surface area contributed by atoms with Gasteiger partial charge in [-0.2, -0.15) is 18.2 Å². The molecule has 4 rings (SSSR count). The zero-order valence-electron chi connectivity index (χ0n) is 20.3. The van der Waals surface area contributed by atoms with Crippen LogP contribution in [0.5, 0.6) is 11.8 Å². The molecule has 0 saturated carbocycles. The predicted molar refractivity (Wildman–Crippen MR) is 128 cm³/mol. The number of benzene rings is 1. The van der Waals surface area contributed by atoms with E-state index in [1.54, 1.807) is 13.8 Å². The summed E-state index contributed by atoms with van der Waals surface area (Å²) in [4.78, 5) is 24.9. The first-order chi connectivity index (χ1) is 17.2. The number of piperidine rings is 1. The second kappa shape index (κ2) is 10.9. The summed E-state index contributed by atoms with van der Waals surface area (Å²) in [6, 6.07) is 4.71. The minimum Gasteiger partial charge on any atom is -0.474 e. The van der Waals surface area contributed by atoms with Crippen molar-refractivity contribution in [2.75, 3.05) is 18.0 Å². The van der Waals surface area contributed by atoms with E-state index in [0.29, 0.717) is 22.7 Å². The maximum absolute atomic E-state index is 12.8. The number of aryl methyl sites for hydroxylation is 1. The highest BCUT2D eigenvalue weighted by molar-refractivity contribution is 5.98. The molecule has 1 aromatic carbocycles. The molecular formula is C25H27F3N6O2. The first-order valence-corrected chi connectivity index (χ1v) is 11.7. The molecule has 2 aromatic heterocycles. The van der Waals surface area contributed by atoms with Gasteiger partial charge >= 0.3 is 6.18 Å². The third-order valence-corrected chi connectivity index (χ3v) is 5.99. The minimum absolute atomic E-state index is 0.0324. The van der Waals surface area contributed by atoms with E-state index in [2.05, 4.69) is 36.9 Å². The van der Waals surface area contributed by atoms with Gasteiger partial charge in [0.05, 0.1) is 16.8 Å². The molecule has 1 aliphatic rings. The van der Waals surface area contributed by atoms with E-state index >= 15 is 0 Å². The lowest BCUT2D eigenvalue weighted by molar-refractivity contribution is -0.137. The molecule has 3 heterocycles. The Hall–Kier alpha value is -3.76. The fourth-order valence-electron chi connectivity index (χ4n) is 3.72. The molecule has 8 nitrogen and oxygen atoms in total. The number of ether oxygens (including phenoxy) is 1. The van der Waals surface area contributed by atoms with Crippen molar-refractivity contribution < 1.29 is 22.7 Å². The van der Waals surface area contributed by atoms with E-state index in [4.69, 9.17) is 9.57 Å². The highest BCUT2D eigenvalue weighted by Crippen LogP contribution is 2.29. The number of hydrogen-bond acceptors (Lipinski definition) is 8. The van der Waals surface area contributed by atoms with Crippen LogP contribution in [0, 0.1) is 6.92 Å². The van der Waals surface area contributed by atoms with Crippen LogP contribution in [-0.2, 0) is 12.6 Å². The van der Waals surface area contributed by atoms with Gasteiger partial charge in [0, 0.05) is 38.3 Å². The van der Waals surface area contributed by atoms with Gasteiger partial charge in [-0.3, -0.25) is 0 Å². The van der Waals surface area contributed by atoms with Crippen molar-refractivity contribution in [2.24, 2.45) is 5.16 Å². The molecule has 0 radical (unpaired) electrons. The van der Waals surface area contributed by atoms with Crippen LogP contribution in [0.4, 0.5) is 19.1 Å². The molecule has 0 atom stereocenters. The van der Waals surface area contributed by atoms with Crippen LogP contribution in [0.15, 0.2) is 48.1 Å². The molecule has 0 amide bonds. The van der Waals surface area contributed by atoms with Gasteiger partial charge in [0.15, 0.2) is 0 Å². The standard InChI is InChI=1S/C25H27F3N6O2/c1-4-18-13-29-24(30-14-18)34-11-9-21(10-12-34)35-22-16(2)23(32-15-31-22)36-33-17(3)19-5-7-20(8-6-19)25(26,27)28/h5-8,13-15,21H,4,9-12H2,1-3H3/b33-17-. The average molecular weight is 501 g/mol. The topological polar surface area (TPSA) is 85.6 Å². The Morgan fingerprint density at radius 2 is 1.67 bits per heavy atom. The molecule has 36 heavy (non-hydrogen) atoms. The van der Waals surface area contributed by atoms with Crippen LogP contribution in [0.25, 0.3) is 0 Å². The second-order valence-corrected chi connectivity index (χ2v) is 8.50. The number of anilines is 1. The molecular weight excluding hydrogens is 473 g/mol. The van der Waals surface area contributed by atoms with Crippen molar-refractivity contribution in [1.29, 1.82) is 0 Å². The lowest BCUT2D eigenvalue weighted by Crippen LogP contribution is -2.39. The zero-order chi connectivity index (χ0) is 25.7. The van der Waals surface area contributed by atoms with Gasteiger partial charge in [0.25, 0.3) is 5.88 Å². The lowest BCUT2D eigenvalue weighted by Gasteiger charge is -2.32. The van der Waals surface area contributed by atoms with Crippen LogP contribution in [0.2, 0.25) is 0 Å². The van der Waals surface area contributed by atoms with Crippen LogP contribution >= 0.6 is 0 Å². The summed E-state index contributed by atoms with van der Waals surface area (Å²) in [5.74, 6) is 1.35. The fourth-order valence-corrected chi connectivity index (χ4v) is 3.72. The van der Waals surface area contributed by atoms with Crippen molar-refractivity contribution in [3.8, 4) is 11.8 Å². The van der Waals surface area contributed by atoms with Crippen LogP contribution in [0.1, 0.15) is 48.9 Å². The van der Waals surface area contributed by atoms with Gasteiger partial charge in [-0.15, -0.1) is 0 Å². The molecule has 1 aliphatic heterocycles. The van der Waals surface area contributed by atoms with Gasteiger partial charge in [-0.05, 0) is 43.5 Å². The summed E-state index contributed by atoms with van der Waals surface area (Å²) >= 11 is 0. The second-order valence-electron chi connectivity index (χ2n) is 8.50. The smallest absolute Gasteiger partial charge is 0.416 e. The summed E-state index contributed by atoms with van der Waals surface area (Å²) in [5.41, 5.74) is 1.88. The SMILES string of the molecule is CCc1cnc(N2CCC(Oc3ncnc(O/N=C(/C)c4ccc(C(F)(F)F)cc4)c3C)CC2)nc1. The van der Waals surface area contributed by atoms with Gasteiger partial charge in [-0.1, -0.05) is 24.2 Å². The van der Waals surface area contributed by atoms with E-state index in [0.717, 1.165) is 56.0 Å². The summed E-state index contributed by atoms with van der Waals surface area (Å²) in [5, 5.41) is 4.03. The number of nitrogens with zero attached hydrogens (tertiary/aromatic N) is 6. The average Bonchev–Trinajstić information content (AvgIpc) is 2.89. The van der Waals surface area contributed by atoms with Crippen molar-refractivity contribution in [3.63, 3.8) is 0 Å². The Labute approximate surface area is 207 Å². The molecule has 0 unspecified atom stereocenters. The van der Waals surface area contributed by atoms with Crippen molar-refractivity contribution >= 4 is 11.7 Å². The Morgan fingerprint density at radius 3 is 2.28 bits per heavy atom. The molecule has 0 bridgehead atoms. The minimum atomic E-state index is -4.39. The van der Waals surface area contributed by atoms with Crippen LogP contribution < -0.4 is 14.5 Å². The number of oxime groups is 1. The molecule has 0 spiro atoms. The molecule has 1 saturated heterocycles. The van der Waals surface area contributed by atoms with Crippen molar-refractivity contribution in [3.05, 3.63) is 65.2 Å². The number of aromatic nitrogens is 4. The molecule has 3 aromatic rings. The van der Waals surface area contributed by atoms with Gasteiger partial charge in [0.2, 0.25) is 11.8 Å². The number of rotatable bonds is 7. The van der Waals surface area contributed by atoms with E-state index in [1.165, 1.54) is 18.5 Å². The Morgan fingerprint density at radius 1 is 1.03 bits per heavy atom. The Balaban J connectivity index is 1.36. The maximum Gasteiger partial charge on any atom is 0.416 e. The normalized spacial score (nSPS) is 15.2. The summed E-state index contributed by atoms with van der Waals surface area (Å²) < 4.78 is 44.5. The molecule has 0 N–H and O–H groups in total. The highest BCUT2D eigenvalue weighted by atomic mass is 19.4. The summed E-state index contributed by atoms with van der Waals surface area (Å²) in [7, 11) is 0. The van der Waals surface area contributed by atoms with E-state index < -0.39 is 11.7 Å². The van der Waals surface area contributed by atoms with E-state index in [9.17, 15) is 13.2 Å². The van der Waals surface area contributed by atoms with Crippen molar-refractivity contribution in [1.82, 2.24) is 19.9 Å². The van der Waals surface area contributed by atoms with Gasteiger partial charge in [0.1, 0.15) is 12.4 Å². The first kappa shape index (κ1) is 25.3. The van der Waals surface area contributed by atoms with Crippen LogP contribution in [-0.4, -0.2) is 44.8 Å². The lowest BCUT2D eigenvalue weighted by atomic mass is 10.1. The Bertz CT molecular complexity index is 1190. The molecule has 11 heteroatoms. The first-order valence-electron chi connectivity index (χ1n) is 11.7. The number of alkyl halides is 3. The third-order valence-electron chi connectivity index (χ3n) is 5.99. The predicted octanol–water partition coefficient (Wildman–Crippen LogP) is 5.01. The quantitative estimate of drug-likeness (QED) is 0.333. The van der Waals surface area contributed by atoms with Crippen molar-refractivity contribution in [2.45, 2.75) is 52.3 Å². The zero-order valence-corrected chi connectivity index (χ0v) is 20.3. The number of hydrogen-bond donors (Lipinski definition) is 0. The third kappa shape index (κ3) is 6.07. The van der Waals surface area contributed by atoms with Gasteiger partial charge in [-0.25, -0.2) is 15.0 Å². The molecule has 190 valence electrons. The number of halogens is 3. The monoisotopic (exact) mass is 500 g/mol. The molecule has 0 aliphatic carbocycles. The van der Waals surface area contributed by atoms with E-state index in [1.807, 2.05) is 12.4 Å².